The molecule has 1 aromatic rings. The summed E-state index contributed by atoms with van der Waals surface area (Å²) < 4.78 is 5.30. The number of aliphatic carboxylic acids is 1. The van der Waals surface area contributed by atoms with Gasteiger partial charge in [0.1, 0.15) is 12.4 Å². The van der Waals surface area contributed by atoms with E-state index in [4.69, 9.17) is 9.84 Å². The molecule has 0 fully saturated rings. The summed E-state index contributed by atoms with van der Waals surface area (Å²) in [6.07, 6.45) is 0. The molecule has 5 heteroatoms. The SMILES string of the molecule is CC(=O)Nc1ccc(OCC(C)C(=O)O)cc1. The second-order valence-electron chi connectivity index (χ2n) is 3.76. The molecule has 2 N–H and O–H groups in total. The van der Waals surface area contributed by atoms with Crippen LogP contribution in [-0.2, 0) is 9.59 Å². The number of carboxylic acid groups (broad SMARTS) is 1. The van der Waals surface area contributed by atoms with Crippen LogP contribution in [0.1, 0.15) is 13.8 Å². The predicted molar refractivity (Wildman–Crippen MR) is 63.0 cm³/mol. The lowest BCUT2D eigenvalue weighted by molar-refractivity contribution is -0.142. The van der Waals surface area contributed by atoms with Gasteiger partial charge >= 0.3 is 5.97 Å². The first-order valence-corrected chi connectivity index (χ1v) is 5.22. The highest BCUT2D eigenvalue weighted by molar-refractivity contribution is 5.88. The Bertz CT molecular complexity index is 399. The Hall–Kier alpha value is -2.04. The Morgan fingerprint density at radius 1 is 1.35 bits per heavy atom. The number of nitrogens with one attached hydrogen (secondary N) is 1. The van der Waals surface area contributed by atoms with Crippen LogP contribution < -0.4 is 10.1 Å². The van der Waals surface area contributed by atoms with Crippen molar-refractivity contribution in [3.05, 3.63) is 24.3 Å². The van der Waals surface area contributed by atoms with Gasteiger partial charge in [-0.3, -0.25) is 9.59 Å². The van der Waals surface area contributed by atoms with Crippen LogP contribution in [0.4, 0.5) is 5.69 Å². The van der Waals surface area contributed by atoms with Crippen molar-refractivity contribution in [1.29, 1.82) is 0 Å². The third-order valence-electron chi connectivity index (χ3n) is 2.10. The van der Waals surface area contributed by atoms with Crippen molar-refractivity contribution in [3.63, 3.8) is 0 Å². The molecular weight excluding hydrogens is 222 g/mol. The molecule has 0 heterocycles. The average molecular weight is 237 g/mol. The van der Waals surface area contributed by atoms with Crippen molar-refractivity contribution in [2.24, 2.45) is 5.92 Å². The van der Waals surface area contributed by atoms with Crippen LogP contribution in [0.5, 0.6) is 5.75 Å². The van der Waals surface area contributed by atoms with Gasteiger partial charge < -0.3 is 15.2 Å². The van der Waals surface area contributed by atoms with E-state index < -0.39 is 11.9 Å². The van der Waals surface area contributed by atoms with Gasteiger partial charge in [0.2, 0.25) is 5.91 Å². The monoisotopic (exact) mass is 237 g/mol. The molecule has 5 nitrogen and oxygen atoms in total. The molecule has 0 aliphatic carbocycles. The van der Waals surface area contributed by atoms with Gasteiger partial charge in [0, 0.05) is 12.6 Å². The lowest BCUT2D eigenvalue weighted by Gasteiger charge is -2.09. The first kappa shape index (κ1) is 13.0. The van der Waals surface area contributed by atoms with E-state index >= 15 is 0 Å². The molecule has 1 amide bonds. The molecule has 1 atom stereocenters. The largest absolute Gasteiger partial charge is 0.493 e. The number of hydrogen-bond acceptors (Lipinski definition) is 3. The Morgan fingerprint density at radius 2 is 1.94 bits per heavy atom. The molecule has 1 unspecified atom stereocenters. The standard InChI is InChI=1S/C12H15NO4/c1-8(12(15)16)7-17-11-5-3-10(4-6-11)13-9(2)14/h3-6,8H,7H2,1-2H3,(H,13,14)(H,15,16). The summed E-state index contributed by atoms with van der Waals surface area (Å²) in [6.45, 7) is 3.13. The summed E-state index contributed by atoms with van der Waals surface area (Å²) in [4.78, 5) is 21.3. The molecule has 17 heavy (non-hydrogen) atoms. The second kappa shape index (κ2) is 5.89. The average Bonchev–Trinajstić information content (AvgIpc) is 2.26. The smallest absolute Gasteiger partial charge is 0.309 e. The fourth-order valence-corrected chi connectivity index (χ4v) is 1.13. The molecule has 0 aliphatic heterocycles. The second-order valence-corrected chi connectivity index (χ2v) is 3.76. The number of benzene rings is 1. The minimum atomic E-state index is -0.889. The quantitative estimate of drug-likeness (QED) is 0.818. The highest BCUT2D eigenvalue weighted by Crippen LogP contribution is 2.16. The summed E-state index contributed by atoms with van der Waals surface area (Å²) in [7, 11) is 0. The minimum Gasteiger partial charge on any atom is -0.493 e. The van der Waals surface area contributed by atoms with E-state index in [1.807, 2.05) is 0 Å². The normalized spacial score (nSPS) is 11.6. The van der Waals surface area contributed by atoms with E-state index in [2.05, 4.69) is 5.32 Å². The zero-order valence-corrected chi connectivity index (χ0v) is 9.77. The summed E-state index contributed by atoms with van der Waals surface area (Å²) in [5.74, 6) is -1.00. The van der Waals surface area contributed by atoms with Gasteiger partial charge in [0.25, 0.3) is 0 Å². The molecule has 0 aromatic heterocycles. The first-order chi connectivity index (χ1) is 7.99. The molecule has 92 valence electrons. The van der Waals surface area contributed by atoms with Gasteiger partial charge in [-0.1, -0.05) is 0 Å². The number of hydrogen-bond donors (Lipinski definition) is 2. The van der Waals surface area contributed by atoms with E-state index in [-0.39, 0.29) is 12.5 Å². The van der Waals surface area contributed by atoms with Gasteiger partial charge in [0.05, 0.1) is 5.92 Å². The van der Waals surface area contributed by atoms with E-state index in [1.54, 1.807) is 31.2 Å². The molecular formula is C12H15NO4. The number of ether oxygens (including phenoxy) is 1. The van der Waals surface area contributed by atoms with Crippen LogP contribution >= 0.6 is 0 Å². The highest BCUT2D eigenvalue weighted by atomic mass is 16.5. The van der Waals surface area contributed by atoms with Crippen molar-refractivity contribution in [3.8, 4) is 5.75 Å². The molecule has 0 spiro atoms. The Labute approximate surface area is 99.4 Å². The summed E-state index contributed by atoms with van der Waals surface area (Å²) in [6, 6.07) is 6.75. The third-order valence-corrected chi connectivity index (χ3v) is 2.10. The van der Waals surface area contributed by atoms with Crippen LogP contribution in [0, 0.1) is 5.92 Å². The lowest BCUT2D eigenvalue weighted by atomic mass is 10.2. The van der Waals surface area contributed by atoms with Crippen molar-refractivity contribution in [2.45, 2.75) is 13.8 Å². The number of carboxylic acids is 1. The molecule has 0 saturated heterocycles. The van der Waals surface area contributed by atoms with Crippen LogP contribution in [0.15, 0.2) is 24.3 Å². The van der Waals surface area contributed by atoms with Crippen LogP contribution in [0.2, 0.25) is 0 Å². The summed E-state index contributed by atoms with van der Waals surface area (Å²) >= 11 is 0. The van der Waals surface area contributed by atoms with Crippen LogP contribution in [0.3, 0.4) is 0 Å². The summed E-state index contributed by atoms with van der Waals surface area (Å²) in [5.41, 5.74) is 0.677. The van der Waals surface area contributed by atoms with Gasteiger partial charge in [-0.25, -0.2) is 0 Å². The van der Waals surface area contributed by atoms with Crippen LogP contribution in [-0.4, -0.2) is 23.6 Å². The zero-order chi connectivity index (χ0) is 12.8. The topological polar surface area (TPSA) is 75.6 Å². The molecule has 0 bridgehead atoms. The lowest BCUT2D eigenvalue weighted by Crippen LogP contribution is -2.17. The number of amides is 1. The van der Waals surface area contributed by atoms with Gasteiger partial charge in [-0.15, -0.1) is 0 Å². The molecule has 0 saturated carbocycles. The fraction of sp³-hybridized carbons (Fsp3) is 0.333. The van der Waals surface area contributed by atoms with E-state index in [0.29, 0.717) is 11.4 Å². The van der Waals surface area contributed by atoms with E-state index in [9.17, 15) is 9.59 Å². The molecule has 1 rings (SSSR count). The number of carbonyl (C=O) groups is 2. The molecule has 1 aromatic carbocycles. The van der Waals surface area contributed by atoms with Crippen molar-refractivity contribution >= 4 is 17.6 Å². The van der Waals surface area contributed by atoms with Crippen molar-refractivity contribution in [1.82, 2.24) is 0 Å². The van der Waals surface area contributed by atoms with Gasteiger partial charge in [-0.2, -0.15) is 0 Å². The Kier molecular flexibility index (Phi) is 4.51. The first-order valence-electron chi connectivity index (χ1n) is 5.22. The van der Waals surface area contributed by atoms with Gasteiger partial charge in [-0.05, 0) is 31.2 Å². The maximum Gasteiger partial charge on any atom is 0.309 e. The number of rotatable bonds is 5. The Morgan fingerprint density at radius 3 is 2.41 bits per heavy atom. The van der Waals surface area contributed by atoms with Gasteiger partial charge in [0.15, 0.2) is 0 Å². The molecule has 0 aliphatic rings. The third kappa shape index (κ3) is 4.55. The molecule has 0 radical (unpaired) electrons. The summed E-state index contributed by atoms with van der Waals surface area (Å²) in [5, 5.41) is 11.3. The van der Waals surface area contributed by atoms with E-state index in [0.717, 1.165) is 0 Å². The fourth-order valence-electron chi connectivity index (χ4n) is 1.13. The van der Waals surface area contributed by atoms with E-state index in [1.165, 1.54) is 6.92 Å². The Balaban J connectivity index is 2.51. The number of anilines is 1. The zero-order valence-electron chi connectivity index (χ0n) is 9.77. The van der Waals surface area contributed by atoms with Crippen molar-refractivity contribution < 1.29 is 19.4 Å². The maximum absolute atomic E-state index is 10.8. The van der Waals surface area contributed by atoms with Crippen LogP contribution in [0.25, 0.3) is 0 Å². The highest BCUT2D eigenvalue weighted by Gasteiger charge is 2.11. The maximum atomic E-state index is 10.8. The predicted octanol–water partition coefficient (Wildman–Crippen LogP) is 1.74. The number of carbonyl (C=O) groups excluding carboxylic acids is 1. The minimum absolute atomic E-state index is 0.120. The van der Waals surface area contributed by atoms with Crippen molar-refractivity contribution in [2.75, 3.05) is 11.9 Å².